The fourth-order valence-corrected chi connectivity index (χ4v) is 1.86. The van der Waals surface area contributed by atoms with Crippen LogP contribution < -0.4 is 5.32 Å². The molecule has 0 spiro atoms. The van der Waals surface area contributed by atoms with Crippen molar-refractivity contribution >= 4 is 5.69 Å². The molecule has 1 aromatic carbocycles. The highest BCUT2D eigenvalue weighted by atomic mass is 16.6. The minimum absolute atomic E-state index is 0.0168. The standard InChI is InChI=1S/C13H17N5O2/c1-10(2)7-14-8-13-15-9-16-17(13)11-5-3-4-6-12(11)18(19)20/h3-6,9-10,14H,7-8H2,1-2H3. The molecule has 0 aliphatic carbocycles. The van der Waals surface area contributed by atoms with E-state index >= 15 is 0 Å². The first kappa shape index (κ1) is 14.1. The van der Waals surface area contributed by atoms with E-state index < -0.39 is 4.92 Å². The first-order chi connectivity index (χ1) is 9.59. The van der Waals surface area contributed by atoms with Crippen LogP contribution in [0.3, 0.4) is 0 Å². The van der Waals surface area contributed by atoms with Gasteiger partial charge in [0.1, 0.15) is 17.8 Å². The van der Waals surface area contributed by atoms with Crippen molar-refractivity contribution in [1.82, 2.24) is 20.1 Å². The molecular weight excluding hydrogens is 258 g/mol. The molecule has 0 amide bonds. The molecule has 0 aliphatic rings. The number of aromatic nitrogens is 3. The summed E-state index contributed by atoms with van der Waals surface area (Å²) < 4.78 is 1.51. The lowest BCUT2D eigenvalue weighted by Gasteiger charge is -2.09. The molecule has 0 radical (unpaired) electrons. The van der Waals surface area contributed by atoms with Crippen LogP contribution in [0.5, 0.6) is 0 Å². The fourth-order valence-electron chi connectivity index (χ4n) is 1.86. The van der Waals surface area contributed by atoms with E-state index in [9.17, 15) is 10.1 Å². The third-order valence-electron chi connectivity index (χ3n) is 2.76. The number of nitrogens with zero attached hydrogens (tertiary/aromatic N) is 4. The van der Waals surface area contributed by atoms with Gasteiger partial charge in [-0.1, -0.05) is 26.0 Å². The quantitative estimate of drug-likeness (QED) is 0.643. The molecule has 0 bridgehead atoms. The number of para-hydroxylation sites is 2. The Labute approximate surface area is 116 Å². The van der Waals surface area contributed by atoms with Crippen LogP contribution in [0.2, 0.25) is 0 Å². The Morgan fingerprint density at radius 1 is 1.40 bits per heavy atom. The summed E-state index contributed by atoms with van der Waals surface area (Å²) >= 11 is 0. The zero-order valence-corrected chi connectivity index (χ0v) is 11.5. The van der Waals surface area contributed by atoms with Crippen LogP contribution in [0.4, 0.5) is 5.69 Å². The lowest BCUT2D eigenvalue weighted by atomic mass is 10.2. The molecule has 7 nitrogen and oxygen atoms in total. The van der Waals surface area contributed by atoms with Crippen molar-refractivity contribution in [3.05, 3.63) is 46.5 Å². The molecule has 1 heterocycles. The second kappa shape index (κ2) is 6.25. The normalized spacial score (nSPS) is 10.9. The van der Waals surface area contributed by atoms with Gasteiger partial charge in [-0.2, -0.15) is 5.10 Å². The largest absolute Gasteiger partial charge is 0.310 e. The number of benzene rings is 1. The van der Waals surface area contributed by atoms with Gasteiger partial charge in [0.25, 0.3) is 5.69 Å². The molecule has 0 saturated heterocycles. The SMILES string of the molecule is CC(C)CNCc1ncnn1-c1ccccc1[N+](=O)[O-]. The van der Waals surface area contributed by atoms with Gasteiger partial charge >= 0.3 is 0 Å². The summed E-state index contributed by atoms with van der Waals surface area (Å²) in [6.45, 7) is 5.59. The molecule has 2 aromatic rings. The zero-order valence-electron chi connectivity index (χ0n) is 11.5. The number of nitro benzene ring substituents is 1. The molecule has 0 aliphatic heterocycles. The summed E-state index contributed by atoms with van der Waals surface area (Å²) in [5.74, 6) is 1.18. The highest BCUT2D eigenvalue weighted by Crippen LogP contribution is 2.22. The number of rotatable bonds is 6. The van der Waals surface area contributed by atoms with Gasteiger partial charge in [-0.3, -0.25) is 10.1 Å². The van der Waals surface area contributed by atoms with Gasteiger partial charge in [0, 0.05) is 6.07 Å². The summed E-state index contributed by atoms with van der Waals surface area (Å²) in [6.07, 6.45) is 1.41. The summed E-state index contributed by atoms with van der Waals surface area (Å²) in [7, 11) is 0. The highest BCUT2D eigenvalue weighted by molar-refractivity contribution is 5.51. The molecule has 1 aromatic heterocycles. The maximum absolute atomic E-state index is 11.1. The first-order valence-electron chi connectivity index (χ1n) is 6.43. The summed E-state index contributed by atoms with van der Waals surface area (Å²) in [6, 6.07) is 6.51. The lowest BCUT2D eigenvalue weighted by molar-refractivity contribution is -0.384. The van der Waals surface area contributed by atoms with E-state index in [4.69, 9.17) is 0 Å². The molecule has 0 saturated carbocycles. The van der Waals surface area contributed by atoms with Crippen molar-refractivity contribution in [3.8, 4) is 5.69 Å². The van der Waals surface area contributed by atoms with Crippen LogP contribution >= 0.6 is 0 Å². The van der Waals surface area contributed by atoms with E-state index in [1.54, 1.807) is 18.2 Å². The van der Waals surface area contributed by atoms with E-state index in [1.165, 1.54) is 17.1 Å². The van der Waals surface area contributed by atoms with Crippen molar-refractivity contribution in [2.45, 2.75) is 20.4 Å². The molecule has 0 fully saturated rings. The van der Waals surface area contributed by atoms with Crippen LogP contribution in [0.15, 0.2) is 30.6 Å². The summed E-state index contributed by atoms with van der Waals surface area (Å²) in [5, 5.41) is 18.4. The fraction of sp³-hybridized carbons (Fsp3) is 0.385. The van der Waals surface area contributed by atoms with Crippen molar-refractivity contribution in [2.24, 2.45) is 5.92 Å². The highest BCUT2D eigenvalue weighted by Gasteiger charge is 2.17. The summed E-state index contributed by atoms with van der Waals surface area (Å²) in [4.78, 5) is 14.8. The maximum Gasteiger partial charge on any atom is 0.294 e. The minimum atomic E-state index is -0.414. The lowest BCUT2D eigenvalue weighted by Crippen LogP contribution is -2.21. The summed E-state index contributed by atoms with van der Waals surface area (Å²) in [5.41, 5.74) is 0.444. The van der Waals surface area contributed by atoms with Crippen LogP contribution in [-0.2, 0) is 6.54 Å². The minimum Gasteiger partial charge on any atom is -0.310 e. The van der Waals surface area contributed by atoms with Crippen LogP contribution in [0, 0.1) is 16.0 Å². The Morgan fingerprint density at radius 3 is 2.85 bits per heavy atom. The van der Waals surface area contributed by atoms with Gasteiger partial charge in [-0.25, -0.2) is 9.67 Å². The number of nitro groups is 1. The van der Waals surface area contributed by atoms with Gasteiger partial charge in [0.05, 0.1) is 11.5 Å². The maximum atomic E-state index is 11.1. The predicted molar refractivity (Wildman–Crippen MR) is 74.6 cm³/mol. The monoisotopic (exact) mass is 275 g/mol. The van der Waals surface area contributed by atoms with E-state index in [0.29, 0.717) is 24.0 Å². The van der Waals surface area contributed by atoms with E-state index in [2.05, 4.69) is 29.2 Å². The molecule has 20 heavy (non-hydrogen) atoms. The van der Waals surface area contributed by atoms with E-state index in [1.807, 2.05) is 0 Å². The molecule has 7 heteroatoms. The molecule has 106 valence electrons. The number of hydrogen-bond donors (Lipinski definition) is 1. The van der Waals surface area contributed by atoms with Crippen LogP contribution in [0.25, 0.3) is 5.69 Å². The predicted octanol–water partition coefficient (Wildman–Crippen LogP) is 1.92. The molecule has 0 unspecified atom stereocenters. The zero-order chi connectivity index (χ0) is 14.5. The van der Waals surface area contributed by atoms with Gasteiger partial charge in [-0.05, 0) is 18.5 Å². The van der Waals surface area contributed by atoms with Crippen LogP contribution in [0.1, 0.15) is 19.7 Å². The van der Waals surface area contributed by atoms with Crippen molar-refractivity contribution in [3.63, 3.8) is 0 Å². The molecule has 0 atom stereocenters. The third-order valence-corrected chi connectivity index (χ3v) is 2.76. The van der Waals surface area contributed by atoms with Gasteiger partial charge in [0.2, 0.25) is 0 Å². The second-order valence-corrected chi connectivity index (χ2v) is 4.86. The average Bonchev–Trinajstić information content (AvgIpc) is 2.86. The van der Waals surface area contributed by atoms with E-state index in [0.717, 1.165) is 6.54 Å². The Hall–Kier alpha value is -2.28. The second-order valence-electron chi connectivity index (χ2n) is 4.86. The van der Waals surface area contributed by atoms with Gasteiger partial charge in [0.15, 0.2) is 0 Å². The number of hydrogen-bond acceptors (Lipinski definition) is 5. The van der Waals surface area contributed by atoms with Gasteiger partial charge in [-0.15, -0.1) is 0 Å². The Morgan fingerprint density at radius 2 is 2.15 bits per heavy atom. The third kappa shape index (κ3) is 3.18. The van der Waals surface area contributed by atoms with Crippen LogP contribution in [-0.4, -0.2) is 26.2 Å². The van der Waals surface area contributed by atoms with Crippen molar-refractivity contribution in [2.75, 3.05) is 6.54 Å². The topological polar surface area (TPSA) is 85.9 Å². The Kier molecular flexibility index (Phi) is 4.41. The Bertz CT molecular complexity index is 594. The van der Waals surface area contributed by atoms with E-state index in [-0.39, 0.29) is 5.69 Å². The molecule has 2 rings (SSSR count). The van der Waals surface area contributed by atoms with Crippen molar-refractivity contribution < 1.29 is 4.92 Å². The van der Waals surface area contributed by atoms with Crippen molar-refractivity contribution in [1.29, 1.82) is 0 Å². The smallest absolute Gasteiger partial charge is 0.294 e. The Balaban J connectivity index is 2.26. The first-order valence-corrected chi connectivity index (χ1v) is 6.43. The average molecular weight is 275 g/mol. The van der Waals surface area contributed by atoms with Gasteiger partial charge < -0.3 is 5.32 Å². The molecular formula is C13H17N5O2. The number of nitrogens with one attached hydrogen (secondary N) is 1. The molecule has 1 N–H and O–H groups in total.